The Morgan fingerprint density at radius 2 is 1.75 bits per heavy atom. The molecular weight excluding hydrogens is 356 g/mol. The Kier molecular flexibility index (Phi) is 5.18. The van der Waals surface area contributed by atoms with E-state index in [0.29, 0.717) is 28.9 Å². The van der Waals surface area contributed by atoms with Crippen molar-refractivity contribution in [3.8, 4) is 11.6 Å². The zero-order chi connectivity index (χ0) is 20.4. The third-order valence-electron chi connectivity index (χ3n) is 4.02. The van der Waals surface area contributed by atoms with Crippen LogP contribution >= 0.6 is 0 Å². The number of hydrogen-bond donors (Lipinski definition) is 1. The molecule has 0 radical (unpaired) electrons. The fourth-order valence-corrected chi connectivity index (χ4v) is 2.38. The van der Waals surface area contributed by atoms with Gasteiger partial charge in [0.15, 0.2) is 5.82 Å². The van der Waals surface area contributed by atoms with Crippen LogP contribution in [0.25, 0.3) is 0 Å². The van der Waals surface area contributed by atoms with Crippen LogP contribution in [0.1, 0.15) is 56.7 Å². The molecule has 146 valence electrons. The molecule has 0 unspecified atom stereocenters. The largest absolute Gasteiger partial charge is 0.439 e. The summed E-state index contributed by atoms with van der Waals surface area (Å²) in [6.07, 6.45) is 1.47. The predicted octanol–water partition coefficient (Wildman–Crippen LogP) is 4.22. The maximum Gasteiger partial charge on any atom is 0.253 e. The van der Waals surface area contributed by atoms with Gasteiger partial charge in [-0.25, -0.2) is 4.98 Å². The van der Waals surface area contributed by atoms with Gasteiger partial charge in [0.2, 0.25) is 11.8 Å². The van der Waals surface area contributed by atoms with Crippen molar-refractivity contribution in [1.82, 2.24) is 20.4 Å². The molecule has 28 heavy (non-hydrogen) atoms. The van der Waals surface area contributed by atoms with Crippen LogP contribution < -0.4 is 10.1 Å². The maximum absolute atomic E-state index is 12.6. The molecule has 7 heteroatoms. The molecule has 1 N–H and O–H groups in total. The standard InChI is InChI=1S/C21H24N4O3/c1-20(2,3)19-23-18(25-28-19)21(4,5)24-17(26)14-11-12-16(22-13-14)27-15-9-7-6-8-10-15/h6-13H,1-5H3,(H,24,26). The number of aromatic nitrogens is 3. The summed E-state index contributed by atoms with van der Waals surface area (Å²) in [5, 5.41) is 6.94. The van der Waals surface area contributed by atoms with Gasteiger partial charge in [-0.15, -0.1) is 0 Å². The van der Waals surface area contributed by atoms with Crippen molar-refractivity contribution in [3.63, 3.8) is 0 Å². The lowest BCUT2D eigenvalue weighted by atomic mass is 9.97. The zero-order valence-corrected chi connectivity index (χ0v) is 16.7. The quantitative estimate of drug-likeness (QED) is 0.713. The number of nitrogens with zero attached hydrogens (tertiary/aromatic N) is 3. The van der Waals surface area contributed by atoms with Gasteiger partial charge in [-0.3, -0.25) is 4.79 Å². The Morgan fingerprint density at radius 1 is 1.04 bits per heavy atom. The highest BCUT2D eigenvalue weighted by molar-refractivity contribution is 5.94. The van der Waals surface area contributed by atoms with Crippen molar-refractivity contribution >= 4 is 5.91 Å². The van der Waals surface area contributed by atoms with Gasteiger partial charge in [0, 0.05) is 17.7 Å². The maximum atomic E-state index is 12.6. The van der Waals surface area contributed by atoms with Crippen LogP contribution in [0.4, 0.5) is 0 Å². The number of pyridine rings is 1. The Labute approximate surface area is 164 Å². The van der Waals surface area contributed by atoms with Gasteiger partial charge >= 0.3 is 0 Å². The Bertz CT molecular complexity index is 942. The van der Waals surface area contributed by atoms with E-state index in [-0.39, 0.29) is 11.3 Å². The van der Waals surface area contributed by atoms with Gasteiger partial charge in [0.25, 0.3) is 5.91 Å². The molecule has 0 atom stereocenters. The Hall–Kier alpha value is -3.22. The molecule has 0 saturated heterocycles. The third kappa shape index (κ3) is 4.54. The van der Waals surface area contributed by atoms with Crippen molar-refractivity contribution in [2.75, 3.05) is 0 Å². The van der Waals surface area contributed by atoms with E-state index >= 15 is 0 Å². The first-order valence-corrected chi connectivity index (χ1v) is 9.01. The van der Waals surface area contributed by atoms with Crippen molar-refractivity contribution in [1.29, 1.82) is 0 Å². The number of carbonyl (C=O) groups excluding carboxylic acids is 1. The predicted molar refractivity (Wildman–Crippen MR) is 104 cm³/mol. The van der Waals surface area contributed by atoms with Crippen LogP contribution in [-0.4, -0.2) is 21.0 Å². The second kappa shape index (κ2) is 7.42. The van der Waals surface area contributed by atoms with Crippen LogP contribution in [0.3, 0.4) is 0 Å². The summed E-state index contributed by atoms with van der Waals surface area (Å²) >= 11 is 0. The Morgan fingerprint density at radius 3 is 2.32 bits per heavy atom. The van der Waals surface area contributed by atoms with E-state index in [1.54, 1.807) is 12.1 Å². The number of nitrogens with one attached hydrogen (secondary N) is 1. The Balaban J connectivity index is 1.69. The zero-order valence-electron chi connectivity index (χ0n) is 16.7. The van der Waals surface area contributed by atoms with E-state index in [1.165, 1.54) is 6.20 Å². The minimum atomic E-state index is -0.802. The molecule has 3 aromatic rings. The van der Waals surface area contributed by atoms with Crippen molar-refractivity contribution in [2.24, 2.45) is 0 Å². The third-order valence-corrected chi connectivity index (χ3v) is 4.02. The number of hydrogen-bond acceptors (Lipinski definition) is 6. The van der Waals surface area contributed by atoms with E-state index in [2.05, 4.69) is 20.4 Å². The summed E-state index contributed by atoms with van der Waals surface area (Å²) in [4.78, 5) is 21.3. The van der Waals surface area contributed by atoms with Gasteiger partial charge < -0.3 is 14.6 Å². The molecule has 0 saturated carbocycles. The number of para-hydroxylation sites is 1. The van der Waals surface area contributed by atoms with Gasteiger partial charge in [-0.1, -0.05) is 44.1 Å². The second-order valence-electron chi connectivity index (χ2n) is 8.05. The molecule has 0 aliphatic heterocycles. The summed E-state index contributed by atoms with van der Waals surface area (Å²) < 4.78 is 11.0. The van der Waals surface area contributed by atoms with Gasteiger partial charge in [-0.05, 0) is 32.0 Å². The minimum Gasteiger partial charge on any atom is -0.439 e. The molecule has 0 bridgehead atoms. The molecule has 0 fully saturated rings. The molecule has 0 aliphatic carbocycles. The molecule has 0 aliphatic rings. The number of carbonyl (C=O) groups is 1. The van der Waals surface area contributed by atoms with Crippen LogP contribution in [0.15, 0.2) is 53.2 Å². The summed E-state index contributed by atoms with van der Waals surface area (Å²) in [5.74, 6) is 1.75. The number of amides is 1. The molecule has 0 spiro atoms. The lowest BCUT2D eigenvalue weighted by Gasteiger charge is -2.22. The lowest BCUT2D eigenvalue weighted by Crippen LogP contribution is -2.42. The lowest BCUT2D eigenvalue weighted by molar-refractivity contribution is 0.0907. The molecule has 2 aromatic heterocycles. The van der Waals surface area contributed by atoms with E-state index in [0.717, 1.165) is 0 Å². The smallest absolute Gasteiger partial charge is 0.253 e. The molecular formula is C21H24N4O3. The molecule has 2 heterocycles. The van der Waals surface area contributed by atoms with E-state index in [9.17, 15) is 4.79 Å². The topological polar surface area (TPSA) is 90.1 Å². The fraction of sp³-hybridized carbons (Fsp3) is 0.333. The average Bonchev–Trinajstić information content (AvgIpc) is 3.14. The average molecular weight is 380 g/mol. The van der Waals surface area contributed by atoms with E-state index in [4.69, 9.17) is 9.26 Å². The first kappa shape index (κ1) is 19.5. The number of ether oxygens (including phenoxy) is 1. The highest BCUT2D eigenvalue weighted by Crippen LogP contribution is 2.24. The highest BCUT2D eigenvalue weighted by Gasteiger charge is 2.31. The summed E-state index contributed by atoms with van der Waals surface area (Å²) in [6, 6.07) is 12.6. The van der Waals surface area contributed by atoms with Crippen molar-refractivity contribution in [3.05, 3.63) is 65.9 Å². The number of benzene rings is 1. The first-order valence-electron chi connectivity index (χ1n) is 9.01. The normalized spacial score (nSPS) is 11.9. The van der Waals surface area contributed by atoms with E-state index in [1.807, 2.05) is 65.0 Å². The molecule has 7 nitrogen and oxygen atoms in total. The van der Waals surface area contributed by atoms with Crippen LogP contribution in [0.5, 0.6) is 11.6 Å². The van der Waals surface area contributed by atoms with Crippen LogP contribution in [-0.2, 0) is 11.0 Å². The minimum absolute atomic E-state index is 0.260. The first-order chi connectivity index (χ1) is 13.1. The van der Waals surface area contributed by atoms with E-state index < -0.39 is 5.54 Å². The number of rotatable bonds is 5. The van der Waals surface area contributed by atoms with Gasteiger partial charge in [-0.2, -0.15) is 4.98 Å². The molecule has 3 rings (SSSR count). The van der Waals surface area contributed by atoms with Gasteiger partial charge in [0.05, 0.1) is 11.1 Å². The summed E-state index contributed by atoms with van der Waals surface area (Å²) in [7, 11) is 0. The molecule has 1 aromatic carbocycles. The molecule has 1 amide bonds. The van der Waals surface area contributed by atoms with Crippen LogP contribution in [0, 0.1) is 0 Å². The van der Waals surface area contributed by atoms with Crippen LogP contribution in [0.2, 0.25) is 0 Å². The summed E-state index contributed by atoms with van der Waals surface area (Å²) in [5.41, 5.74) is -0.652. The monoisotopic (exact) mass is 380 g/mol. The summed E-state index contributed by atoms with van der Waals surface area (Å²) in [6.45, 7) is 9.60. The second-order valence-corrected chi connectivity index (χ2v) is 8.05. The SMILES string of the molecule is CC(C)(C)c1nc(C(C)(C)NC(=O)c2ccc(Oc3ccccc3)nc2)no1. The van der Waals surface area contributed by atoms with Crippen molar-refractivity contribution in [2.45, 2.75) is 45.6 Å². The van der Waals surface area contributed by atoms with Crippen molar-refractivity contribution < 1.29 is 14.1 Å². The highest BCUT2D eigenvalue weighted by atomic mass is 16.5. The fourth-order valence-electron chi connectivity index (χ4n) is 2.38. The van der Waals surface area contributed by atoms with Gasteiger partial charge in [0.1, 0.15) is 5.75 Å².